The predicted molar refractivity (Wildman–Crippen MR) is 111 cm³/mol. The molecule has 4 saturated carbocycles. The van der Waals surface area contributed by atoms with Crippen molar-refractivity contribution in [3.63, 3.8) is 0 Å². The van der Waals surface area contributed by atoms with Crippen LogP contribution in [-0.4, -0.2) is 37.0 Å². The highest BCUT2D eigenvalue weighted by atomic mass is 16.7. The number of ketones is 1. The van der Waals surface area contributed by atoms with Gasteiger partial charge in [0.2, 0.25) is 0 Å². The molecule has 32 heavy (non-hydrogen) atoms. The predicted octanol–water partition coefficient (Wildman–Crippen LogP) is 3.21. The normalized spacial score (nSPS) is 57.5. The molecule has 5 nitrogen and oxygen atoms in total. The minimum atomic E-state index is -0.940. The van der Waals surface area contributed by atoms with E-state index in [9.17, 15) is 10.1 Å². The molecule has 0 unspecified atom stereocenters. The molecule has 2 bridgehead atoms. The Balaban J connectivity index is 1.33. The van der Waals surface area contributed by atoms with Gasteiger partial charge >= 0.3 is 0 Å². The van der Waals surface area contributed by atoms with E-state index in [1.807, 2.05) is 0 Å². The SMILES string of the molecule is N#C[C@@]12C(=O)[C@@]34[C@@H]5[C@H]6[C@@H](CC[C@@H]51)[C@@H]2O[C@]63[C@@H]1C=C(c2ccccc2)[C@@H](C1)[C@@H]4C1OCCO1. The van der Waals surface area contributed by atoms with Gasteiger partial charge < -0.3 is 14.2 Å². The fraction of sp³-hybridized carbons (Fsp3) is 0.630. The van der Waals surface area contributed by atoms with Crippen molar-refractivity contribution in [1.29, 1.82) is 5.26 Å². The average Bonchev–Trinajstić information content (AvgIpc) is 3.55. The third-order valence-corrected chi connectivity index (χ3v) is 11.3. The second-order valence-corrected chi connectivity index (χ2v) is 11.5. The quantitative estimate of drug-likeness (QED) is 0.725. The van der Waals surface area contributed by atoms with Crippen molar-refractivity contribution in [3.8, 4) is 6.07 Å². The molecule has 0 N–H and O–H groups in total. The summed E-state index contributed by atoms with van der Waals surface area (Å²) in [5, 5.41) is 10.5. The van der Waals surface area contributed by atoms with Gasteiger partial charge in [-0.2, -0.15) is 5.26 Å². The summed E-state index contributed by atoms with van der Waals surface area (Å²) in [7, 11) is 0. The Hall–Kier alpha value is -2.00. The van der Waals surface area contributed by atoms with Crippen molar-refractivity contribution < 1.29 is 19.0 Å². The monoisotopic (exact) mass is 427 g/mol. The van der Waals surface area contributed by atoms with E-state index >= 15 is 0 Å². The van der Waals surface area contributed by atoms with Gasteiger partial charge in [-0.25, -0.2) is 0 Å². The van der Waals surface area contributed by atoms with Crippen LogP contribution in [0.25, 0.3) is 5.57 Å². The number of carbonyl (C=O) groups excluding carboxylic acids is 1. The summed E-state index contributed by atoms with van der Waals surface area (Å²) in [6.07, 6.45) is 4.96. The summed E-state index contributed by atoms with van der Waals surface area (Å²) in [6.45, 7) is 1.15. The number of hydrogen-bond acceptors (Lipinski definition) is 5. The van der Waals surface area contributed by atoms with Crippen LogP contribution in [0.15, 0.2) is 36.4 Å². The molecule has 0 aromatic heterocycles. The number of nitrogens with zero attached hydrogens (tertiary/aromatic N) is 1. The van der Waals surface area contributed by atoms with Gasteiger partial charge in [0.05, 0.1) is 36.4 Å². The second kappa shape index (κ2) is 5.06. The number of benzene rings is 1. The van der Waals surface area contributed by atoms with Crippen molar-refractivity contribution >= 4 is 11.4 Å². The lowest BCUT2D eigenvalue weighted by Crippen LogP contribution is -2.80. The first kappa shape index (κ1) is 17.5. The molecular formula is C27H25NO4. The largest absolute Gasteiger partial charge is 0.367 e. The van der Waals surface area contributed by atoms with E-state index in [0.29, 0.717) is 25.0 Å². The fourth-order valence-electron chi connectivity index (χ4n) is 11.0. The molecule has 2 aliphatic heterocycles. The van der Waals surface area contributed by atoms with Crippen LogP contribution in [0.4, 0.5) is 0 Å². The Morgan fingerprint density at radius 2 is 1.84 bits per heavy atom. The lowest BCUT2D eigenvalue weighted by molar-refractivity contribution is -0.324. The van der Waals surface area contributed by atoms with Gasteiger partial charge in [-0.3, -0.25) is 4.79 Å². The first-order valence-corrected chi connectivity index (χ1v) is 12.4. The van der Waals surface area contributed by atoms with Crippen molar-refractivity contribution in [3.05, 3.63) is 42.0 Å². The van der Waals surface area contributed by atoms with Gasteiger partial charge in [-0.15, -0.1) is 0 Å². The van der Waals surface area contributed by atoms with E-state index in [1.54, 1.807) is 0 Å². The van der Waals surface area contributed by atoms with E-state index in [-0.39, 0.29) is 47.8 Å². The van der Waals surface area contributed by atoms with E-state index < -0.39 is 16.4 Å². The smallest absolute Gasteiger partial charge is 0.165 e. The summed E-state index contributed by atoms with van der Waals surface area (Å²) in [5.74, 6) is 1.78. The van der Waals surface area contributed by atoms with Crippen molar-refractivity contribution in [2.24, 2.45) is 52.3 Å². The number of allylic oxidation sites excluding steroid dienone is 1. The Bertz CT molecular complexity index is 1170. The van der Waals surface area contributed by atoms with Gasteiger partial charge in [0.1, 0.15) is 5.41 Å². The Kier molecular flexibility index (Phi) is 2.77. The summed E-state index contributed by atoms with van der Waals surface area (Å²) in [5.41, 5.74) is 0.550. The molecule has 2 heterocycles. The number of nitriles is 1. The summed E-state index contributed by atoms with van der Waals surface area (Å²) >= 11 is 0. The number of fused-ring (bicyclic) bond motifs is 8. The number of Topliss-reactive ketones (excluding diaryl/α,β-unsaturated/α-hetero) is 1. The minimum Gasteiger partial charge on any atom is -0.367 e. The fourth-order valence-corrected chi connectivity index (χ4v) is 11.0. The van der Waals surface area contributed by atoms with Crippen LogP contribution in [0.1, 0.15) is 24.8 Å². The van der Waals surface area contributed by atoms with E-state index in [2.05, 4.69) is 42.5 Å². The third-order valence-electron chi connectivity index (χ3n) is 11.3. The van der Waals surface area contributed by atoms with Gasteiger partial charge in [0.15, 0.2) is 12.1 Å². The van der Waals surface area contributed by atoms with E-state index in [0.717, 1.165) is 19.3 Å². The van der Waals surface area contributed by atoms with Gasteiger partial charge in [-0.1, -0.05) is 36.4 Å². The maximum absolute atomic E-state index is 14.7. The molecule has 5 aliphatic carbocycles. The molecule has 0 radical (unpaired) electrons. The Morgan fingerprint density at radius 1 is 1.03 bits per heavy atom. The topological polar surface area (TPSA) is 68.6 Å². The van der Waals surface area contributed by atoms with Crippen molar-refractivity contribution in [1.82, 2.24) is 0 Å². The molecule has 5 heteroatoms. The molecule has 1 aromatic carbocycles. The van der Waals surface area contributed by atoms with Gasteiger partial charge in [0.25, 0.3) is 0 Å². The third kappa shape index (κ3) is 1.35. The zero-order chi connectivity index (χ0) is 21.0. The lowest BCUT2D eigenvalue weighted by atomic mass is 9.31. The standard InChI is InChI=1S/C27H25NO4/c28-12-25-18-7-6-15-19-21(18)26(24(25)29)20(23-30-8-9-31-23)17-11-14(27(19,26)32-22(15)25)10-16(17)13-4-2-1-3-5-13/h1-5,10,14-15,17-23H,6-9,11H2/t14-,15-,17-,18+,19-,20-,21+,22+,25-,26-,27-/m1/s1. The van der Waals surface area contributed by atoms with Gasteiger partial charge in [0, 0.05) is 11.8 Å². The van der Waals surface area contributed by atoms with Crippen LogP contribution >= 0.6 is 0 Å². The molecule has 162 valence electrons. The van der Waals surface area contributed by atoms with Crippen LogP contribution in [-0.2, 0) is 19.0 Å². The lowest BCUT2D eigenvalue weighted by Gasteiger charge is -2.72. The molecule has 6 fully saturated rings. The highest BCUT2D eigenvalue weighted by Gasteiger charge is 3.00. The molecule has 2 saturated heterocycles. The molecule has 1 aromatic rings. The van der Waals surface area contributed by atoms with Crippen LogP contribution in [0.2, 0.25) is 0 Å². The first-order valence-electron chi connectivity index (χ1n) is 12.4. The zero-order valence-corrected chi connectivity index (χ0v) is 17.8. The zero-order valence-electron chi connectivity index (χ0n) is 17.8. The average molecular weight is 428 g/mol. The summed E-state index contributed by atoms with van der Waals surface area (Å²) in [4.78, 5) is 14.7. The van der Waals surface area contributed by atoms with Crippen LogP contribution in [0.3, 0.4) is 0 Å². The van der Waals surface area contributed by atoms with Crippen molar-refractivity contribution in [2.75, 3.05) is 13.2 Å². The van der Waals surface area contributed by atoms with Crippen LogP contribution in [0.5, 0.6) is 0 Å². The summed E-state index contributed by atoms with van der Waals surface area (Å²) < 4.78 is 19.5. The van der Waals surface area contributed by atoms with Crippen molar-refractivity contribution in [2.45, 2.75) is 37.3 Å². The first-order chi connectivity index (χ1) is 15.7. The highest BCUT2D eigenvalue weighted by Crippen LogP contribution is 2.92. The second-order valence-electron chi connectivity index (χ2n) is 11.5. The molecule has 0 amide bonds. The Labute approximate surface area is 186 Å². The number of rotatable bonds is 2. The maximum Gasteiger partial charge on any atom is 0.165 e. The Morgan fingerprint density at radius 3 is 2.62 bits per heavy atom. The van der Waals surface area contributed by atoms with Crippen LogP contribution in [0, 0.1) is 63.6 Å². The summed E-state index contributed by atoms with van der Waals surface area (Å²) in [6, 6.07) is 13.2. The highest BCUT2D eigenvalue weighted by molar-refractivity contribution is 6.03. The molecular weight excluding hydrogens is 402 g/mol. The minimum absolute atomic E-state index is 0.0699. The van der Waals surface area contributed by atoms with Gasteiger partial charge in [-0.05, 0) is 60.0 Å². The van der Waals surface area contributed by atoms with E-state index in [4.69, 9.17) is 14.2 Å². The van der Waals surface area contributed by atoms with E-state index in [1.165, 1.54) is 11.1 Å². The maximum atomic E-state index is 14.7. The molecule has 11 atom stereocenters. The number of ether oxygens (including phenoxy) is 3. The van der Waals surface area contributed by atoms with Crippen LogP contribution < -0.4 is 0 Å². The molecule has 8 rings (SSSR count). The molecule has 7 aliphatic rings. The number of hydrogen-bond donors (Lipinski definition) is 0. The molecule has 2 spiro atoms. The number of carbonyl (C=O) groups is 1.